The molecule has 0 aliphatic carbocycles. The number of ether oxygens (including phenoxy) is 2. The molecule has 1 aliphatic heterocycles. The van der Waals surface area contributed by atoms with Crippen molar-refractivity contribution in [1.82, 2.24) is 5.32 Å². The molecule has 11 heteroatoms. The molecule has 2 unspecified atom stereocenters. The highest BCUT2D eigenvalue weighted by Gasteiger charge is 2.68. The average Bonchev–Trinajstić information content (AvgIpc) is 3.05. The molecule has 1 aromatic rings. The summed E-state index contributed by atoms with van der Waals surface area (Å²) in [5, 5.41) is 11.5. The number of likely N-dealkylation sites (tertiary alicyclic amines) is 1. The van der Waals surface area contributed by atoms with Crippen LogP contribution in [0.15, 0.2) is 30.3 Å². The Morgan fingerprint density at radius 3 is 2.42 bits per heavy atom. The summed E-state index contributed by atoms with van der Waals surface area (Å²) in [6, 6.07) is 5.81. The van der Waals surface area contributed by atoms with E-state index in [9.17, 15) is 29.1 Å². The number of amides is 4. The van der Waals surface area contributed by atoms with Gasteiger partial charge in [-0.3, -0.25) is 9.59 Å². The van der Waals surface area contributed by atoms with Crippen LogP contribution in [0.2, 0.25) is 0 Å². The van der Waals surface area contributed by atoms with E-state index in [1.165, 1.54) is 14.0 Å². The summed E-state index contributed by atoms with van der Waals surface area (Å²) in [7, 11) is 1.22. The van der Waals surface area contributed by atoms with Gasteiger partial charge in [-0.15, -0.1) is 0 Å². The minimum Gasteiger partial charge on any atom is -0.480 e. The van der Waals surface area contributed by atoms with Gasteiger partial charge in [0.05, 0.1) is 0 Å². The Morgan fingerprint density at radius 2 is 1.88 bits per heavy atom. The number of nitrogens with two attached hydrogens (primary N) is 1. The summed E-state index contributed by atoms with van der Waals surface area (Å²) in [5.74, 6) is -4.00. The minimum atomic E-state index is -1.53. The largest absolute Gasteiger partial charge is 0.532 e. The number of nitrogens with one attached hydrogen (secondary N) is 1. The predicted molar refractivity (Wildman–Crippen MR) is 114 cm³/mol. The fourth-order valence-corrected chi connectivity index (χ4v) is 3.75. The zero-order valence-corrected chi connectivity index (χ0v) is 18.7. The van der Waals surface area contributed by atoms with Crippen LogP contribution >= 0.6 is 0 Å². The number of imide groups is 3. The molecule has 1 saturated heterocycles. The van der Waals surface area contributed by atoms with Gasteiger partial charge >= 0.3 is 23.9 Å². The molecule has 1 aliphatic rings. The standard InChI is InChI=1S/C22H29N3O8/c1-14(21(29)30)24-19(27)16(10-6-7-11-23)25(18(26)12-17(32-2)20(25)28)22(31)33-13-15-8-4-3-5-9-15/h3-5,8-9,14,16-17H,6-7,10-13,23H2,1-2H3,(H-,24,27,29,30)/p+1/t14-,16-,17?,25?/m0/s1. The van der Waals surface area contributed by atoms with E-state index in [1.807, 2.05) is 0 Å². The lowest BCUT2D eigenvalue weighted by Crippen LogP contribution is -2.68. The number of nitrogens with zero attached hydrogens (tertiary/aromatic N) is 1. The van der Waals surface area contributed by atoms with E-state index in [2.05, 4.69) is 5.32 Å². The summed E-state index contributed by atoms with van der Waals surface area (Å²) in [6.07, 6.45) is -2.13. The number of methoxy groups -OCH3 is 1. The summed E-state index contributed by atoms with van der Waals surface area (Å²) in [4.78, 5) is 64.2. The smallest absolute Gasteiger partial charge is 0.480 e. The van der Waals surface area contributed by atoms with Gasteiger partial charge in [0.2, 0.25) is 0 Å². The van der Waals surface area contributed by atoms with Crippen LogP contribution in [-0.2, 0) is 35.3 Å². The third kappa shape index (κ3) is 5.62. The Balaban J connectivity index is 2.47. The SMILES string of the molecule is COC1CC(=O)[N+](C(=O)OCc2ccccc2)([C@@H](CCCCN)C(=O)N[C@@H](C)C(=O)O)C1=O. The van der Waals surface area contributed by atoms with Gasteiger partial charge in [0.1, 0.15) is 19.1 Å². The van der Waals surface area contributed by atoms with E-state index >= 15 is 0 Å². The van der Waals surface area contributed by atoms with Crippen LogP contribution in [0.5, 0.6) is 0 Å². The van der Waals surface area contributed by atoms with Crippen LogP contribution in [0.1, 0.15) is 38.2 Å². The quantitative estimate of drug-likeness (QED) is 0.243. The van der Waals surface area contributed by atoms with E-state index in [4.69, 9.17) is 15.2 Å². The molecule has 0 bridgehead atoms. The highest BCUT2D eigenvalue weighted by molar-refractivity contribution is 6.06. The Bertz CT molecular complexity index is 891. The fourth-order valence-electron chi connectivity index (χ4n) is 3.75. The van der Waals surface area contributed by atoms with E-state index in [0.717, 1.165) is 0 Å². The van der Waals surface area contributed by atoms with Crippen molar-refractivity contribution in [2.75, 3.05) is 13.7 Å². The zero-order valence-electron chi connectivity index (χ0n) is 18.7. The van der Waals surface area contributed by atoms with Gasteiger partial charge in [0.25, 0.3) is 5.91 Å². The van der Waals surface area contributed by atoms with Gasteiger partial charge in [-0.1, -0.05) is 34.8 Å². The first-order valence-corrected chi connectivity index (χ1v) is 10.6. The number of hydrogen-bond donors (Lipinski definition) is 3. The van der Waals surface area contributed by atoms with Crippen molar-refractivity contribution in [3.8, 4) is 0 Å². The number of carbonyl (C=O) groups excluding carboxylic acids is 4. The molecule has 0 saturated carbocycles. The van der Waals surface area contributed by atoms with Crippen LogP contribution in [0.3, 0.4) is 0 Å². The topological polar surface area (TPSA) is 162 Å². The maximum atomic E-state index is 13.4. The van der Waals surface area contributed by atoms with Crippen molar-refractivity contribution >= 4 is 29.8 Å². The summed E-state index contributed by atoms with van der Waals surface area (Å²) < 4.78 is 8.93. The Labute approximate surface area is 191 Å². The van der Waals surface area contributed by atoms with Crippen molar-refractivity contribution < 1.29 is 43.0 Å². The number of carbonyl (C=O) groups is 5. The molecular formula is C22H30N3O8+. The van der Waals surface area contributed by atoms with E-state index < -0.39 is 58.9 Å². The molecule has 2 rings (SSSR count). The molecule has 0 spiro atoms. The molecular weight excluding hydrogens is 434 g/mol. The lowest BCUT2D eigenvalue weighted by molar-refractivity contribution is -0.720. The van der Waals surface area contributed by atoms with Crippen molar-refractivity contribution in [3.05, 3.63) is 35.9 Å². The summed E-state index contributed by atoms with van der Waals surface area (Å²) >= 11 is 0. The number of aliphatic carboxylic acids is 1. The van der Waals surface area contributed by atoms with Gasteiger partial charge in [-0.25, -0.2) is 9.59 Å². The van der Waals surface area contributed by atoms with Gasteiger partial charge < -0.3 is 25.6 Å². The molecule has 180 valence electrons. The first-order valence-electron chi connectivity index (χ1n) is 10.6. The zero-order chi connectivity index (χ0) is 24.6. The maximum Gasteiger partial charge on any atom is 0.532 e. The lowest BCUT2D eigenvalue weighted by Gasteiger charge is -2.32. The number of carboxylic acid groups (broad SMARTS) is 1. The number of carboxylic acids is 1. The monoisotopic (exact) mass is 464 g/mol. The van der Waals surface area contributed by atoms with Gasteiger partial charge in [0, 0.05) is 13.5 Å². The van der Waals surface area contributed by atoms with E-state index in [0.29, 0.717) is 24.9 Å². The molecule has 1 aromatic carbocycles. The van der Waals surface area contributed by atoms with Gasteiger partial charge in [-0.05, 0) is 31.9 Å². The van der Waals surface area contributed by atoms with Crippen molar-refractivity contribution in [2.45, 2.75) is 57.4 Å². The number of unbranched alkanes of at least 4 members (excludes halogenated alkanes) is 1. The Morgan fingerprint density at radius 1 is 1.21 bits per heavy atom. The fraction of sp³-hybridized carbons (Fsp3) is 0.500. The van der Waals surface area contributed by atoms with Crippen molar-refractivity contribution in [2.24, 2.45) is 5.73 Å². The molecule has 4 amide bonds. The van der Waals surface area contributed by atoms with Crippen LogP contribution in [-0.4, -0.2) is 71.2 Å². The number of quaternary nitrogens is 1. The summed E-state index contributed by atoms with van der Waals surface area (Å²) in [5.41, 5.74) is 6.16. The molecule has 1 fully saturated rings. The Kier molecular flexibility index (Phi) is 9.21. The number of rotatable bonds is 11. The third-order valence-electron chi connectivity index (χ3n) is 5.59. The average molecular weight is 464 g/mol. The van der Waals surface area contributed by atoms with E-state index in [1.54, 1.807) is 30.3 Å². The molecule has 1 heterocycles. The minimum absolute atomic E-state index is 0.0658. The first kappa shape index (κ1) is 26.1. The van der Waals surface area contributed by atoms with Gasteiger partial charge in [-0.2, -0.15) is 4.79 Å². The molecule has 0 radical (unpaired) electrons. The van der Waals surface area contributed by atoms with Crippen LogP contribution in [0, 0.1) is 0 Å². The molecule has 0 aromatic heterocycles. The molecule has 11 nitrogen and oxygen atoms in total. The van der Waals surface area contributed by atoms with Crippen LogP contribution in [0.25, 0.3) is 0 Å². The second kappa shape index (κ2) is 11.6. The van der Waals surface area contributed by atoms with Crippen molar-refractivity contribution in [1.29, 1.82) is 0 Å². The summed E-state index contributed by atoms with van der Waals surface area (Å²) in [6.45, 7) is 1.31. The lowest BCUT2D eigenvalue weighted by atomic mass is 10.0. The molecule has 33 heavy (non-hydrogen) atoms. The van der Waals surface area contributed by atoms with E-state index in [-0.39, 0.29) is 13.0 Å². The highest BCUT2D eigenvalue weighted by atomic mass is 16.6. The van der Waals surface area contributed by atoms with Crippen LogP contribution in [0.4, 0.5) is 4.79 Å². The van der Waals surface area contributed by atoms with Gasteiger partial charge in [0.15, 0.2) is 12.1 Å². The number of hydrogen-bond acceptors (Lipinski definition) is 8. The van der Waals surface area contributed by atoms with Crippen molar-refractivity contribution in [3.63, 3.8) is 0 Å². The predicted octanol–water partition coefficient (Wildman–Crippen LogP) is 0.699. The third-order valence-corrected chi connectivity index (χ3v) is 5.59. The van der Waals surface area contributed by atoms with Crippen LogP contribution < -0.4 is 11.1 Å². The molecule has 4 N–H and O–H groups in total. The Hall–Kier alpha value is -3.15. The second-order valence-electron chi connectivity index (χ2n) is 7.79. The highest BCUT2D eigenvalue weighted by Crippen LogP contribution is 2.33. The second-order valence-corrected chi connectivity index (χ2v) is 7.79. The molecule has 4 atom stereocenters. The number of benzene rings is 1. The maximum absolute atomic E-state index is 13.4. The normalized spacial score (nSPS) is 22.0. The first-order chi connectivity index (χ1) is 15.7.